The molecule has 2 aliphatic rings. The van der Waals surface area contributed by atoms with Crippen molar-refractivity contribution in [2.75, 3.05) is 0 Å². The zero-order chi connectivity index (χ0) is 54.8. The van der Waals surface area contributed by atoms with Gasteiger partial charge in [-0.25, -0.2) is 4.98 Å². The molecule has 1 unspecified atom stereocenters. The van der Waals surface area contributed by atoms with E-state index >= 15 is 0 Å². The molecule has 1 spiro atoms. The van der Waals surface area contributed by atoms with Crippen LogP contribution >= 0.6 is 0 Å². The Morgan fingerprint density at radius 2 is 0.738 bits per heavy atom. The molecule has 0 bridgehead atoms. The quantitative estimate of drug-likeness (QED) is 0.172. The second kappa shape index (κ2) is 16.9. The number of pyridine rings is 3. The Hall–Kier alpha value is -11.4. The van der Waals surface area contributed by atoms with Crippen LogP contribution in [0.25, 0.3) is 133 Å². The van der Waals surface area contributed by atoms with E-state index in [-0.39, 0.29) is 0 Å². The molecule has 10 aromatic carbocycles. The van der Waals surface area contributed by atoms with Gasteiger partial charge in [0.1, 0.15) is 17.3 Å². The van der Waals surface area contributed by atoms with Crippen LogP contribution in [0.2, 0.25) is 0 Å². The third kappa shape index (κ3) is 6.02. The molecule has 17 aromatic rings. The van der Waals surface area contributed by atoms with Gasteiger partial charge >= 0.3 is 0 Å². The van der Waals surface area contributed by atoms with E-state index in [2.05, 4.69) is 273 Å². The summed E-state index contributed by atoms with van der Waals surface area (Å²) in [6.07, 6.45) is 5.93. The number of hydrogen-bond donors (Lipinski definition) is 0. The van der Waals surface area contributed by atoms with Crippen LogP contribution in [0.3, 0.4) is 0 Å². The van der Waals surface area contributed by atoms with Gasteiger partial charge in [0.25, 0.3) is 0 Å². The largest absolute Gasteiger partial charge is 0.457 e. The van der Waals surface area contributed by atoms with Crippen molar-refractivity contribution in [1.29, 1.82) is 0 Å². The third-order valence-electron chi connectivity index (χ3n) is 18.2. The molecule has 1 atom stereocenters. The highest BCUT2D eigenvalue weighted by Crippen LogP contribution is 2.62. The first-order valence-corrected chi connectivity index (χ1v) is 28.6. The van der Waals surface area contributed by atoms with Crippen LogP contribution in [0.4, 0.5) is 0 Å². The lowest BCUT2D eigenvalue weighted by atomic mass is 9.66. The van der Waals surface area contributed by atoms with Crippen molar-refractivity contribution in [2.45, 2.75) is 5.41 Å². The number of ether oxygens (including phenoxy) is 1. The number of para-hydroxylation sites is 7. The van der Waals surface area contributed by atoms with E-state index in [1.165, 1.54) is 32.3 Å². The molecule has 19 rings (SSSR count). The minimum Gasteiger partial charge on any atom is -0.457 e. The molecule has 1 aliphatic heterocycles. The minimum atomic E-state index is -0.893. The molecule has 0 saturated carbocycles. The molecule has 0 amide bonds. The van der Waals surface area contributed by atoms with Crippen molar-refractivity contribution in [3.63, 3.8) is 0 Å². The van der Waals surface area contributed by atoms with Crippen LogP contribution in [-0.4, -0.2) is 33.2 Å². The normalized spacial score (nSPS) is 14.3. The van der Waals surface area contributed by atoms with Crippen molar-refractivity contribution in [2.24, 2.45) is 0 Å². The molecule has 1 aliphatic carbocycles. The number of rotatable bonds is 5. The van der Waals surface area contributed by atoms with Gasteiger partial charge in [0, 0.05) is 77.7 Å². The van der Waals surface area contributed by atoms with E-state index in [1.807, 2.05) is 18.6 Å². The number of fused-ring (bicyclic) bond motifs is 21. The Labute approximate surface area is 480 Å². The summed E-state index contributed by atoms with van der Waals surface area (Å²) in [5, 5.41) is 9.56. The fourth-order valence-corrected chi connectivity index (χ4v) is 14.7. The summed E-state index contributed by atoms with van der Waals surface area (Å²) in [7, 11) is 0. The standard InChI is InChI=1S/C76H45N7O/c1-8-24-63-51(16-1)52-17-2-9-25-64(52)80(63)48-33-35-59-72(43-48)84-71-37-32-47(41-61(71)76(59)60-23-15-39-77-74(60)75-62(76)42-50(45-79-75)82-67-28-12-5-20-55(67)56-21-6-13-29-68(56)82)46-31-36-70-58(40-46)57-22-7-14-30-69(57)83(70)73-38-34-49(44-78-73)81-65-26-10-3-18-53(65)54-19-4-11-27-66(54)81/h1-45H. The molecule has 390 valence electrons. The van der Waals surface area contributed by atoms with E-state index in [0.29, 0.717) is 0 Å². The summed E-state index contributed by atoms with van der Waals surface area (Å²) < 4.78 is 16.7. The van der Waals surface area contributed by atoms with Gasteiger partial charge in [-0.05, 0) is 114 Å². The SMILES string of the molecule is c1cnc2c(c1)C1(c3ccc(-n4c5ccccc5c5ccccc54)cc3Oc3ccc(-c4ccc5c(c4)c4ccccc4n5-c4ccc(-n5c6ccccc6c6ccccc65)cn4)cc31)c1cc(-n3c4ccccc4c4ccccc43)cnc1-2. The van der Waals surface area contributed by atoms with Gasteiger partial charge in [0.2, 0.25) is 0 Å². The molecule has 7 aromatic heterocycles. The molecular formula is C76H45N7O. The van der Waals surface area contributed by atoms with E-state index in [0.717, 1.165) is 134 Å². The topological polar surface area (TPSA) is 67.6 Å². The highest BCUT2D eigenvalue weighted by Gasteiger charge is 2.53. The van der Waals surface area contributed by atoms with Gasteiger partial charge in [-0.1, -0.05) is 152 Å². The maximum absolute atomic E-state index is 7.35. The Morgan fingerprint density at radius 1 is 0.274 bits per heavy atom. The highest BCUT2D eigenvalue weighted by molar-refractivity contribution is 6.13. The van der Waals surface area contributed by atoms with Gasteiger partial charge in [-0.3, -0.25) is 14.5 Å². The van der Waals surface area contributed by atoms with Gasteiger partial charge in [0.15, 0.2) is 0 Å². The van der Waals surface area contributed by atoms with Crippen LogP contribution < -0.4 is 4.74 Å². The van der Waals surface area contributed by atoms with E-state index in [9.17, 15) is 0 Å². The highest BCUT2D eigenvalue weighted by atomic mass is 16.5. The molecule has 84 heavy (non-hydrogen) atoms. The summed E-state index contributed by atoms with van der Waals surface area (Å²) in [6, 6.07) is 92.1. The molecule has 0 fully saturated rings. The molecule has 0 saturated heterocycles. The Bertz CT molecular complexity index is 5520. The van der Waals surface area contributed by atoms with Gasteiger partial charge in [0.05, 0.1) is 84.7 Å². The molecule has 8 heterocycles. The van der Waals surface area contributed by atoms with E-state index in [1.54, 1.807) is 0 Å². The summed E-state index contributed by atoms with van der Waals surface area (Å²) in [6.45, 7) is 0. The first-order chi connectivity index (χ1) is 41.7. The molecular weight excluding hydrogens is 1030 g/mol. The minimum absolute atomic E-state index is 0.781. The fraction of sp³-hybridized carbons (Fsp3) is 0.0132. The Balaban J connectivity index is 0.812. The first kappa shape index (κ1) is 45.4. The van der Waals surface area contributed by atoms with Gasteiger partial charge < -0.3 is 18.4 Å². The number of nitrogens with zero attached hydrogens (tertiary/aromatic N) is 7. The van der Waals surface area contributed by atoms with Crippen molar-refractivity contribution < 1.29 is 4.74 Å². The summed E-state index contributed by atoms with van der Waals surface area (Å²) in [5.41, 5.74) is 19.2. The molecule has 0 N–H and O–H groups in total. The second-order valence-electron chi connectivity index (χ2n) is 22.3. The maximum atomic E-state index is 7.35. The van der Waals surface area contributed by atoms with Crippen LogP contribution in [0.5, 0.6) is 11.5 Å². The van der Waals surface area contributed by atoms with Gasteiger partial charge in [-0.15, -0.1) is 0 Å². The number of benzene rings is 10. The lowest BCUT2D eigenvalue weighted by Crippen LogP contribution is -2.32. The fourth-order valence-electron chi connectivity index (χ4n) is 14.7. The predicted molar refractivity (Wildman–Crippen MR) is 340 cm³/mol. The van der Waals surface area contributed by atoms with Crippen LogP contribution in [-0.2, 0) is 5.41 Å². The summed E-state index contributed by atoms with van der Waals surface area (Å²) in [4.78, 5) is 15.9. The number of aromatic nitrogens is 7. The van der Waals surface area contributed by atoms with E-state index < -0.39 is 5.41 Å². The van der Waals surface area contributed by atoms with Crippen molar-refractivity contribution in [3.05, 3.63) is 296 Å². The van der Waals surface area contributed by atoms with Crippen LogP contribution in [0.1, 0.15) is 22.3 Å². The summed E-state index contributed by atoms with van der Waals surface area (Å²) >= 11 is 0. The third-order valence-corrected chi connectivity index (χ3v) is 18.2. The summed E-state index contributed by atoms with van der Waals surface area (Å²) in [5.74, 6) is 2.42. The van der Waals surface area contributed by atoms with E-state index in [4.69, 9.17) is 19.7 Å². The Kier molecular flexibility index (Phi) is 9.11. The Morgan fingerprint density at radius 3 is 1.31 bits per heavy atom. The maximum Gasteiger partial charge on any atom is 0.137 e. The predicted octanol–water partition coefficient (Wildman–Crippen LogP) is 18.4. The van der Waals surface area contributed by atoms with Gasteiger partial charge in [-0.2, -0.15) is 0 Å². The van der Waals surface area contributed by atoms with Crippen LogP contribution in [0.15, 0.2) is 273 Å². The molecule has 8 nitrogen and oxygen atoms in total. The smallest absolute Gasteiger partial charge is 0.137 e. The zero-order valence-corrected chi connectivity index (χ0v) is 45.0. The first-order valence-electron chi connectivity index (χ1n) is 28.6. The zero-order valence-electron chi connectivity index (χ0n) is 45.0. The van der Waals surface area contributed by atoms with Crippen molar-refractivity contribution in [1.82, 2.24) is 33.2 Å². The molecule has 0 radical (unpaired) electrons. The van der Waals surface area contributed by atoms with Crippen LogP contribution in [0, 0.1) is 0 Å². The lowest BCUT2D eigenvalue weighted by molar-refractivity contribution is 0.436. The average Bonchev–Trinajstić information content (AvgIpc) is 4.50. The van der Waals surface area contributed by atoms with Crippen molar-refractivity contribution >= 4 is 87.2 Å². The lowest BCUT2D eigenvalue weighted by Gasteiger charge is -2.39. The monoisotopic (exact) mass is 1070 g/mol. The molecule has 8 heteroatoms. The average molecular weight is 1070 g/mol. The van der Waals surface area contributed by atoms with Crippen molar-refractivity contribution in [3.8, 4) is 56.9 Å². The number of hydrogen-bond acceptors (Lipinski definition) is 4. The second-order valence-corrected chi connectivity index (χ2v) is 22.3.